The van der Waals surface area contributed by atoms with Crippen molar-refractivity contribution in [2.75, 3.05) is 27.3 Å². The Kier molecular flexibility index (Phi) is 5.28. The van der Waals surface area contributed by atoms with Gasteiger partial charge in [0.25, 0.3) is 0 Å². The molecule has 1 aromatic carbocycles. The number of aryl methyl sites for hydroxylation is 1. The van der Waals surface area contributed by atoms with Gasteiger partial charge >= 0.3 is 0 Å². The fraction of sp³-hybridized carbons (Fsp3) is 0.500. The second kappa shape index (κ2) is 6.29. The molecule has 0 spiro atoms. The molecule has 1 aromatic rings. The number of methoxy groups -OCH3 is 1. The first-order chi connectivity index (χ1) is 8.43. The number of nitrogens with zero attached hydrogens (tertiary/aromatic N) is 1. The lowest BCUT2D eigenvalue weighted by molar-refractivity contribution is 0.185. The fourth-order valence-corrected chi connectivity index (χ4v) is 2.99. The van der Waals surface area contributed by atoms with Crippen molar-refractivity contribution in [1.82, 2.24) is 4.31 Å². The van der Waals surface area contributed by atoms with Crippen molar-refractivity contribution in [3.63, 3.8) is 0 Å². The normalized spacial score (nSPS) is 12.1. The third kappa shape index (κ3) is 3.29. The van der Waals surface area contributed by atoms with Crippen LogP contribution in [0.1, 0.15) is 11.1 Å². The van der Waals surface area contributed by atoms with E-state index in [4.69, 9.17) is 10.5 Å². The van der Waals surface area contributed by atoms with Crippen LogP contribution in [0.3, 0.4) is 0 Å². The molecule has 0 amide bonds. The summed E-state index contributed by atoms with van der Waals surface area (Å²) in [5.74, 6) is 0. The Morgan fingerprint density at radius 3 is 2.56 bits per heavy atom. The van der Waals surface area contributed by atoms with Gasteiger partial charge in [-0.25, -0.2) is 8.42 Å². The number of hydrogen-bond acceptors (Lipinski definition) is 4. The molecule has 0 aromatic heterocycles. The predicted octanol–water partition coefficient (Wildman–Crippen LogP) is 0.721. The molecule has 0 saturated heterocycles. The van der Waals surface area contributed by atoms with Crippen molar-refractivity contribution < 1.29 is 13.2 Å². The largest absolute Gasteiger partial charge is 0.383 e. The Bertz CT molecular complexity index is 500. The van der Waals surface area contributed by atoms with Gasteiger partial charge in [0, 0.05) is 27.2 Å². The number of sulfonamides is 1. The number of likely N-dealkylation sites (N-methyl/N-ethyl adjacent to an activating group) is 1. The number of hydrogen-bond donors (Lipinski definition) is 1. The quantitative estimate of drug-likeness (QED) is 0.828. The summed E-state index contributed by atoms with van der Waals surface area (Å²) < 4.78 is 30.8. The average Bonchev–Trinajstić information content (AvgIpc) is 2.35. The highest BCUT2D eigenvalue weighted by Crippen LogP contribution is 2.19. The fourth-order valence-electron chi connectivity index (χ4n) is 1.64. The SMILES string of the molecule is COCCN(C)S(=O)(=O)c1ccc(CN)cc1C. The number of ether oxygens (including phenoxy) is 1. The first kappa shape index (κ1) is 15.1. The molecule has 0 heterocycles. The minimum Gasteiger partial charge on any atom is -0.383 e. The minimum absolute atomic E-state index is 0.318. The molecular weight excluding hydrogens is 252 g/mol. The predicted molar refractivity (Wildman–Crippen MR) is 70.8 cm³/mol. The Balaban J connectivity index is 3.05. The summed E-state index contributed by atoms with van der Waals surface area (Å²) in [5, 5.41) is 0. The monoisotopic (exact) mass is 272 g/mol. The van der Waals surface area contributed by atoms with Crippen LogP contribution < -0.4 is 5.73 Å². The molecule has 0 atom stereocenters. The lowest BCUT2D eigenvalue weighted by Crippen LogP contribution is -2.30. The molecule has 0 unspecified atom stereocenters. The zero-order valence-electron chi connectivity index (χ0n) is 11.0. The van der Waals surface area contributed by atoms with E-state index in [9.17, 15) is 8.42 Å². The van der Waals surface area contributed by atoms with Crippen molar-refractivity contribution in [1.29, 1.82) is 0 Å². The number of nitrogens with two attached hydrogens (primary N) is 1. The van der Waals surface area contributed by atoms with Crippen LogP contribution in [0.15, 0.2) is 23.1 Å². The maximum Gasteiger partial charge on any atom is 0.243 e. The van der Waals surface area contributed by atoms with Gasteiger partial charge in [-0.1, -0.05) is 12.1 Å². The smallest absolute Gasteiger partial charge is 0.243 e. The molecule has 0 aliphatic heterocycles. The van der Waals surface area contributed by atoms with E-state index < -0.39 is 10.0 Å². The molecule has 0 saturated carbocycles. The molecule has 0 aliphatic carbocycles. The van der Waals surface area contributed by atoms with Crippen molar-refractivity contribution in [2.45, 2.75) is 18.4 Å². The topological polar surface area (TPSA) is 72.6 Å². The van der Waals surface area contributed by atoms with Crippen LogP contribution in [0.25, 0.3) is 0 Å². The number of benzene rings is 1. The van der Waals surface area contributed by atoms with Crippen LogP contribution in [-0.4, -0.2) is 40.0 Å². The van der Waals surface area contributed by atoms with E-state index in [0.29, 0.717) is 30.2 Å². The Morgan fingerprint density at radius 2 is 2.06 bits per heavy atom. The average molecular weight is 272 g/mol. The molecule has 1 rings (SSSR count). The Morgan fingerprint density at radius 1 is 1.39 bits per heavy atom. The summed E-state index contributed by atoms with van der Waals surface area (Å²) in [7, 11) is -0.365. The summed E-state index contributed by atoms with van der Waals surface area (Å²) >= 11 is 0. The molecule has 0 aliphatic rings. The Labute approximate surface area is 109 Å². The van der Waals surface area contributed by atoms with Crippen LogP contribution in [-0.2, 0) is 21.3 Å². The first-order valence-electron chi connectivity index (χ1n) is 5.68. The summed E-state index contributed by atoms with van der Waals surface area (Å²) in [6, 6.07) is 5.15. The van der Waals surface area contributed by atoms with Gasteiger partial charge in [0.1, 0.15) is 0 Å². The molecular formula is C12H20N2O3S. The van der Waals surface area contributed by atoms with E-state index in [1.807, 2.05) is 0 Å². The second-order valence-corrected chi connectivity index (χ2v) is 6.14. The minimum atomic E-state index is -3.45. The summed E-state index contributed by atoms with van der Waals surface area (Å²) in [5.41, 5.74) is 7.16. The molecule has 2 N–H and O–H groups in total. The van der Waals surface area contributed by atoms with E-state index in [2.05, 4.69) is 0 Å². The van der Waals surface area contributed by atoms with Crippen molar-refractivity contribution >= 4 is 10.0 Å². The van der Waals surface area contributed by atoms with Crippen LogP contribution in [0.4, 0.5) is 0 Å². The molecule has 0 bridgehead atoms. The van der Waals surface area contributed by atoms with E-state index in [1.165, 1.54) is 4.31 Å². The van der Waals surface area contributed by atoms with E-state index in [1.54, 1.807) is 39.3 Å². The highest BCUT2D eigenvalue weighted by Gasteiger charge is 2.22. The van der Waals surface area contributed by atoms with Gasteiger partial charge in [-0.2, -0.15) is 4.31 Å². The van der Waals surface area contributed by atoms with Crippen LogP contribution in [0.5, 0.6) is 0 Å². The van der Waals surface area contributed by atoms with Gasteiger partial charge in [0.15, 0.2) is 0 Å². The van der Waals surface area contributed by atoms with Gasteiger partial charge in [0.2, 0.25) is 10.0 Å². The van der Waals surface area contributed by atoms with Crippen molar-refractivity contribution in [2.24, 2.45) is 5.73 Å². The molecule has 0 fully saturated rings. The maximum absolute atomic E-state index is 12.3. The Hall–Kier alpha value is -0.950. The lowest BCUT2D eigenvalue weighted by atomic mass is 10.1. The van der Waals surface area contributed by atoms with Crippen LogP contribution in [0, 0.1) is 6.92 Å². The third-order valence-corrected chi connectivity index (χ3v) is 4.79. The van der Waals surface area contributed by atoms with Gasteiger partial charge in [-0.05, 0) is 24.1 Å². The van der Waals surface area contributed by atoms with Crippen molar-refractivity contribution in [3.05, 3.63) is 29.3 Å². The zero-order chi connectivity index (χ0) is 13.8. The molecule has 6 heteroatoms. The van der Waals surface area contributed by atoms with E-state index in [0.717, 1.165) is 5.56 Å². The van der Waals surface area contributed by atoms with E-state index in [-0.39, 0.29) is 0 Å². The summed E-state index contributed by atoms with van der Waals surface area (Å²) in [4.78, 5) is 0.318. The second-order valence-electron chi connectivity index (χ2n) is 4.12. The van der Waals surface area contributed by atoms with Gasteiger partial charge < -0.3 is 10.5 Å². The molecule has 0 radical (unpaired) electrons. The highest BCUT2D eigenvalue weighted by atomic mass is 32.2. The summed E-state index contributed by atoms with van der Waals surface area (Å²) in [6.45, 7) is 2.88. The third-order valence-electron chi connectivity index (χ3n) is 2.77. The lowest BCUT2D eigenvalue weighted by Gasteiger charge is -2.18. The summed E-state index contributed by atoms with van der Waals surface area (Å²) in [6.07, 6.45) is 0. The van der Waals surface area contributed by atoms with Crippen LogP contribution in [0.2, 0.25) is 0 Å². The van der Waals surface area contributed by atoms with Crippen LogP contribution >= 0.6 is 0 Å². The van der Waals surface area contributed by atoms with Crippen molar-refractivity contribution in [3.8, 4) is 0 Å². The zero-order valence-corrected chi connectivity index (χ0v) is 11.8. The van der Waals surface area contributed by atoms with Gasteiger partial charge in [-0.15, -0.1) is 0 Å². The van der Waals surface area contributed by atoms with Gasteiger partial charge in [0.05, 0.1) is 11.5 Å². The highest BCUT2D eigenvalue weighted by molar-refractivity contribution is 7.89. The van der Waals surface area contributed by atoms with E-state index >= 15 is 0 Å². The first-order valence-corrected chi connectivity index (χ1v) is 7.12. The molecule has 102 valence electrons. The number of rotatable bonds is 6. The standard InChI is InChI=1S/C12H20N2O3S/c1-10-8-11(9-13)4-5-12(10)18(15,16)14(2)6-7-17-3/h4-5,8H,6-7,9,13H2,1-3H3. The molecule has 18 heavy (non-hydrogen) atoms. The van der Waals surface area contributed by atoms with Gasteiger partial charge in [-0.3, -0.25) is 0 Å². The molecule has 5 nitrogen and oxygen atoms in total. The maximum atomic E-state index is 12.3.